The summed E-state index contributed by atoms with van der Waals surface area (Å²) in [5.74, 6) is -1.45. The maximum atomic E-state index is 12.3. The molecular formula is C20H26O5. The van der Waals surface area contributed by atoms with Crippen molar-refractivity contribution < 1.29 is 24.2 Å². The average molecular weight is 346 g/mol. The third kappa shape index (κ3) is 4.48. The van der Waals surface area contributed by atoms with Gasteiger partial charge in [-0.05, 0) is 39.7 Å². The van der Waals surface area contributed by atoms with Crippen molar-refractivity contribution in [2.75, 3.05) is 6.61 Å². The van der Waals surface area contributed by atoms with E-state index in [1.54, 1.807) is 6.92 Å². The fraction of sp³-hybridized carbons (Fsp3) is 0.500. The maximum absolute atomic E-state index is 12.3. The van der Waals surface area contributed by atoms with E-state index in [4.69, 9.17) is 9.47 Å². The molecule has 0 amide bonds. The van der Waals surface area contributed by atoms with Crippen molar-refractivity contribution in [2.45, 2.75) is 52.2 Å². The zero-order valence-corrected chi connectivity index (χ0v) is 15.1. The minimum Gasteiger partial charge on any atom is -0.458 e. The van der Waals surface area contributed by atoms with Gasteiger partial charge in [-0.2, -0.15) is 0 Å². The third-order valence-electron chi connectivity index (χ3n) is 4.70. The molecule has 0 aromatic carbocycles. The molecule has 1 aliphatic carbocycles. The number of fused-ring (bicyclic) bond motifs is 1. The number of aliphatic hydroxyl groups is 1. The number of allylic oxidation sites excluding steroid dienone is 3. The summed E-state index contributed by atoms with van der Waals surface area (Å²) in [7, 11) is 0. The van der Waals surface area contributed by atoms with Gasteiger partial charge in [0.1, 0.15) is 12.2 Å². The van der Waals surface area contributed by atoms with Crippen molar-refractivity contribution in [1.29, 1.82) is 0 Å². The van der Waals surface area contributed by atoms with Gasteiger partial charge in [0.05, 0.1) is 18.1 Å². The Morgan fingerprint density at radius 2 is 2.16 bits per heavy atom. The van der Waals surface area contributed by atoms with Crippen LogP contribution in [0.1, 0.15) is 40.0 Å². The van der Waals surface area contributed by atoms with Crippen molar-refractivity contribution in [3.05, 3.63) is 47.1 Å². The van der Waals surface area contributed by atoms with Crippen molar-refractivity contribution in [3.8, 4) is 0 Å². The number of hydrogen-bond acceptors (Lipinski definition) is 5. The van der Waals surface area contributed by atoms with Crippen LogP contribution in [-0.4, -0.2) is 35.9 Å². The number of ether oxygens (including phenoxy) is 2. The van der Waals surface area contributed by atoms with E-state index >= 15 is 0 Å². The Morgan fingerprint density at radius 3 is 2.80 bits per heavy atom. The van der Waals surface area contributed by atoms with Crippen LogP contribution < -0.4 is 0 Å². The van der Waals surface area contributed by atoms with Gasteiger partial charge in [0.2, 0.25) is 0 Å². The van der Waals surface area contributed by atoms with Gasteiger partial charge in [-0.3, -0.25) is 0 Å². The molecule has 25 heavy (non-hydrogen) atoms. The lowest BCUT2D eigenvalue weighted by molar-refractivity contribution is -0.147. The Bertz CT molecular complexity index is 653. The quantitative estimate of drug-likeness (QED) is 0.483. The summed E-state index contributed by atoms with van der Waals surface area (Å²) in [6.07, 6.45) is 6.80. The number of carbonyl (C=O) groups is 2. The first-order chi connectivity index (χ1) is 11.9. The molecule has 5 nitrogen and oxygen atoms in total. The van der Waals surface area contributed by atoms with Crippen LogP contribution in [0.4, 0.5) is 0 Å². The normalized spacial score (nSPS) is 32.0. The van der Waals surface area contributed by atoms with Crippen LogP contribution in [0, 0.1) is 5.92 Å². The molecule has 0 radical (unpaired) electrons. The molecule has 1 fully saturated rings. The molecule has 1 N–H and O–H groups in total. The molecular weight excluding hydrogens is 320 g/mol. The largest absolute Gasteiger partial charge is 0.458 e. The van der Waals surface area contributed by atoms with Crippen LogP contribution in [0.2, 0.25) is 0 Å². The van der Waals surface area contributed by atoms with Gasteiger partial charge in [0, 0.05) is 12.0 Å². The standard InChI is InChI=1S/C20H26O5/c1-5-15(11-21)20(23)25-17-10-13(3)8-6-7-12(2)9-16-18(17)14(4)19(22)24-16/h5,8-9,16-18,21H,4,6-7,10-11H2,1-3H3/b12-9+,13-8+,15-5-. The molecule has 0 bridgehead atoms. The first kappa shape index (κ1) is 19.2. The molecule has 5 heteroatoms. The highest BCUT2D eigenvalue weighted by atomic mass is 16.6. The number of rotatable bonds is 3. The predicted octanol–water partition coefficient (Wildman–Crippen LogP) is 3.01. The summed E-state index contributed by atoms with van der Waals surface area (Å²) < 4.78 is 11.1. The Hall–Kier alpha value is -2.14. The first-order valence-corrected chi connectivity index (χ1v) is 8.57. The summed E-state index contributed by atoms with van der Waals surface area (Å²) in [6.45, 7) is 9.13. The lowest BCUT2D eigenvalue weighted by atomic mass is 9.85. The Morgan fingerprint density at radius 1 is 1.44 bits per heavy atom. The summed E-state index contributed by atoms with van der Waals surface area (Å²) in [5.41, 5.74) is 2.73. The van der Waals surface area contributed by atoms with Gasteiger partial charge in [-0.1, -0.05) is 29.9 Å². The van der Waals surface area contributed by atoms with E-state index in [0.717, 1.165) is 24.0 Å². The fourth-order valence-corrected chi connectivity index (χ4v) is 3.22. The Balaban J connectivity index is 2.37. The van der Waals surface area contributed by atoms with Gasteiger partial charge in [-0.25, -0.2) is 9.59 Å². The van der Waals surface area contributed by atoms with Crippen LogP contribution in [0.3, 0.4) is 0 Å². The molecule has 3 atom stereocenters. The second-order valence-electron chi connectivity index (χ2n) is 6.64. The van der Waals surface area contributed by atoms with E-state index in [0.29, 0.717) is 12.0 Å². The van der Waals surface area contributed by atoms with Gasteiger partial charge in [-0.15, -0.1) is 0 Å². The van der Waals surface area contributed by atoms with E-state index in [9.17, 15) is 14.7 Å². The maximum Gasteiger partial charge on any atom is 0.336 e. The van der Waals surface area contributed by atoms with Crippen molar-refractivity contribution in [3.63, 3.8) is 0 Å². The summed E-state index contributed by atoms with van der Waals surface area (Å²) in [5, 5.41) is 9.29. The molecule has 0 aromatic heterocycles. The zero-order valence-electron chi connectivity index (χ0n) is 15.1. The summed E-state index contributed by atoms with van der Waals surface area (Å²) in [4.78, 5) is 24.4. The lowest BCUT2D eigenvalue weighted by Gasteiger charge is -2.27. The van der Waals surface area contributed by atoms with E-state index in [-0.39, 0.29) is 12.2 Å². The number of carbonyl (C=O) groups excluding carboxylic acids is 2. The minimum atomic E-state index is -0.577. The van der Waals surface area contributed by atoms with Crippen LogP contribution >= 0.6 is 0 Å². The molecule has 1 saturated heterocycles. The SMILES string of the molecule is C=C1C(=O)OC2/C=C(\C)CC/C=C(\C)CC(OC(=O)/C(=C\C)CO)C12. The molecule has 2 rings (SSSR count). The monoisotopic (exact) mass is 346 g/mol. The fourth-order valence-electron chi connectivity index (χ4n) is 3.22. The first-order valence-electron chi connectivity index (χ1n) is 8.57. The van der Waals surface area contributed by atoms with Gasteiger partial charge >= 0.3 is 11.9 Å². The van der Waals surface area contributed by atoms with E-state index in [1.807, 2.05) is 19.9 Å². The van der Waals surface area contributed by atoms with Crippen LogP contribution in [0.25, 0.3) is 0 Å². The van der Waals surface area contributed by atoms with Gasteiger partial charge < -0.3 is 14.6 Å². The van der Waals surface area contributed by atoms with Crippen molar-refractivity contribution in [1.82, 2.24) is 0 Å². The van der Waals surface area contributed by atoms with Crippen LogP contribution in [0.15, 0.2) is 47.1 Å². The lowest BCUT2D eigenvalue weighted by Crippen LogP contribution is -2.34. The van der Waals surface area contributed by atoms with Crippen LogP contribution in [0.5, 0.6) is 0 Å². The Kier molecular flexibility index (Phi) is 6.37. The van der Waals surface area contributed by atoms with Crippen LogP contribution in [-0.2, 0) is 19.1 Å². The highest BCUT2D eigenvalue weighted by Crippen LogP contribution is 2.36. The molecule has 136 valence electrons. The summed E-state index contributed by atoms with van der Waals surface area (Å²) >= 11 is 0. The topological polar surface area (TPSA) is 72.8 Å². The van der Waals surface area contributed by atoms with Crippen molar-refractivity contribution >= 4 is 11.9 Å². The average Bonchev–Trinajstić information content (AvgIpc) is 2.81. The van der Waals surface area contributed by atoms with E-state index < -0.39 is 30.1 Å². The zero-order chi connectivity index (χ0) is 18.6. The smallest absolute Gasteiger partial charge is 0.336 e. The highest BCUT2D eigenvalue weighted by Gasteiger charge is 2.44. The molecule has 0 aromatic rings. The van der Waals surface area contributed by atoms with E-state index in [1.165, 1.54) is 6.08 Å². The molecule has 1 aliphatic heterocycles. The number of aliphatic hydroxyl groups excluding tert-OH is 1. The van der Waals surface area contributed by atoms with Crippen molar-refractivity contribution in [2.24, 2.45) is 5.92 Å². The Labute approximate surface area is 148 Å². The van der Waals surface area contributed by atoms with E-state index in [2.05, 4.69) is 12.7 Å². The minimum absolute atomic E-state index is 0.192. The molecule has 2 aliphatic rings. The summed E-state index contributed by atoms with van der Waals surface area (Å²) in [6, 6.07) is 0. The second kappa shape index (κ2) is 8.30. The van der Waals surface area contributed by atoms with Gasteiger partial charge in [0.15, 0.2) is 0 Å². The highest BCUT2D eigenvalue weighted by molar-refractivity contribution is 5.92. The molecule has 0 saturated carbocycles. The number of hydrogen-bond donors (Lipinski definition) is 1. The molecule has 1 heterocycles. The van der Waals surface area contributed by atoms with Gasteiger partial charge in [0.25, 0.3) is 0 Å². The third-order valence-corrected chi connectivity index (χ3v) is 4.70. The predicted molar refractivity (Wildman–Crippen MR) is 94.6 cm³/mol. The number of esters is 2. The molecule has 0 spiro atoms. The molecule has 3 unspecified atom stereocenters. The second-order valence-corrected chi connectivity index (χ2v) is 6.64.